The Hall–Kier alpha value is -8.50. The predicted octanol–water partition coefficient (Wildman–Crippen LogP) is 7.63. The number of nitrogens with zero attached hydrogens (tertiary/aromatic N) is 4. The zero-order valence-corrected chi connectivity index (χ0v) is 49.2. The van der Waals surface area contributed by atoms with Crippen molar-refractivity contribution in [3.05, 3.63) is 113 Å². The molecule has 0 radical (unpaired) electrons. The summed E-state index contributed by atoms with van der Waals surface area (Å²) in [5.41, 5.74) is 3.61. The van der Waals surface area contributed by atoms with Crippen LogP contribution in [0, 0.1) is 11.8 Å². The summed E-state index contributed by atoms with van der Waals surface area (Å²) in [6, 6.07) is 9.68. The van der Waals surface area contributed by atoms with E-state index in [2.05, 4.69) is 26.3 Å². The van der Waals surface area contributed by atoms with Gasteiger partial charge in [0.25, 0.3) is 11.8 Å². The highest BCUT2D eigenvalue weighted by atomic mass is 16.6. The number of aliphatic hydroxyl groups excluding tert-OH is 1. The molecule has 22 heteroatoms. The number of hydrogen-bond acceptors (Lipinski definition) is 15. The molecule has 0 bridgehead atoms. The fourth-order valence-corrected chi connectivity index (χ4v) is 9.79. The number of allylic oxidation sites excluding steroid dienone is 4. The lowest BCUT2D eigenvalue weighted by atomic mass is 10.0. The van der Waals surface area contributed by atoms with Crippen molar-refractivity contribution in [1.29, 1.82) is 0 Å². The monoisotopic (exact) mass is 1160 g/mol. The molecule has 0 spiro atoms. The molecular formula is C62H78N8O14. The number of aliphatic hydroxyl groups is 1. The van der Waals surface area contributed by atoms with E-state index in [9.17, 15) is 38.7 Å². The van der Waals surface area contributed by atoms with Crippen LogP contribution in [0.25, 0.3) is 0 Å². The van der Waals surface area contributed by atoms with Crippen molar-refractivity contribution in [3.63, 3.8) is 0 Å². The second kappa shape index (κ2) is 29.7. The van der Waals surface area contributed by atoms with Crippen LogP contribution in [0.15, 0.2) is 101 Å². The third kappa shape index (κ3) is 16.0. The summed E-state index contributed by atoms with van der Waals surface area (Å²) < 4.78 is 35.1. The van der Waals surface area contributed by atoms with E-state index in [0.29, 0.717) is 65.7 Å². The molecule has 5 N–H and O–H groups in total. The lowest BCUT2D eigenvalue weighted by Crippen LogP contribution is -2.53. The highest BCUT2D eigenvalue weighted by Gasteiger charge is 2.45. The Kier molecular flexibility index (Phi) is 22.3. The summed E-state index contributed by atoms with van der Waals surface area (Å²) >= 11 is 0. The number of aliphatic imine (C=N–C) groups is 1. The van der Waals surface area contributed by atoms with Gasteiger partial charge in [-0.15, -0.1) is 0 Å². The molecule has 0 fully saturated rings. The summed E-state index contributed by atoms with van der Waals surface area (Å²) in [5.74, 6) is -0.978. The van der Waals surface area contributed by atoms with Gasteiger partial charge >= 0.3 is 6.09 Å². The number of hydrogen-bond donors (Lipinski definition) is 5. The van der Waals surface area contributed by atoms with Crippen LogP contribution in [-0.2, 0) is 35.3 Å². The van der Waals surface area contributed by atoms with E-state index in [1.54, 1.807) is 67.6 Å². The van der Waals surface area contributed by atoms with Gasteiger partial charge in [0.2, 0.25) is 23.6 Å². The number of anilines is 2. The minimum absolute atomic E-state index is 0.00619. The van der Waals surface area contributed by atoms with Crippen molar-refractivity contribution in [2.45, 2.75) is 124 Å². The van der Waals surface area contributed by atoms with Gasteiger partial charge in [0.15, 0.2) is 29.2 Å². The lowest BCUT2D eigenvalue weighted by Gasteiger charge is -2.31. The summed E-state index contributed by atoms with van der Waals surface area (Å²) in [5, 5.41) is 23.0. The standard InChI is InChI=1S/C62H78N8O14/c1-10-13-41-27-44-33-64-47-31-52(50(79-8)29-45(47)59(75)68(44)34-41)82-23-12-24-83-53-32-48-46(30-51(53)80-9)60(76)69-35-42(14-11-2)28-49(69)61(77)70(48)62(78)84-36-40-16-18-43(19-17-40)66-57(73)39(7)65-58(74)56(38(5)6)67-55(72)21-25-81-26-22-63-54(71)20-15-37(3)4/h10-11,13-14,16-19,29-35,37-39,44,49,56,61,77H,12,15,20-28,36H2,1-9H3,(H,63,71)(H,65,74)(H,66,73)(H,67,72)/b13-10+,14-11+/t39-,44-,49-,56-,61-/m0/s1. The van der Waals surface area contributed by atoms with Gasteiger partial charge in [0, 0.05) is 62.2 Å². The van der Waals surface area contributed by atoms with Crippen LogP contribution in [0.1, 0.15) is 113 Å². The Labute approximate surface area is 490 Å². The molecule has 0 saturated heterocycles. The van der Waals surface area contributed by atoms with Crippen LogP contribution in [0.4, 0.5) is 21.9 Å². The first-order chi connectivity index (χ1) is 40.3. The molecule has 3 aromatic rings. The normalized spacial score (nSPS) is 17.8. The zero-order chi connectivity index (χ0) is 60.6. The number of carbonyl (C=O) groups excluding carboxylic acids is 7. The maximum atomic E-state index is 14.4. The van der Waals surface area contributed by atoms with Crippen LogP contribution in [0.2, 0.25) is 0 Å². The van der Waals surface area contributed by atoms with Crippen LogP contribution < -0.4 is 45.1 Å². The van der Waals surface area contributed by atoms with Gasteiger partial charge in [0.05, 0.1) is 75.2 Å². The van der Waals surface area contributed by atoms with Gasteiger partial charge in [-0.25, -0.2) is 9.69 Å². The van der Waals surface area contributed by atoms with E-state index in [1.807, 2.05) is 58.2 Å². The first-order valence-corrected chi connectivity index (χ1v) is 28.4. The first kappa shape index (κ1) is 63.1. The third-order valence-electron chi connectivity index (χ3n) is 14.3. The van der Waals surface area contributed by atoms with Crippen molar-refractivity contribution in [2.24, 2.45) is 16.8 Å². The SMILES string of the molecule is C/C=C/C1=CN2C(=O)c3cc(OC)c(OCCCOc4cc5c(cc4OC)C(=O)N4C=C(/C=C/C)C[C@H]4[C@H](O)N5C(=O)OCc4ccc(NC(=O)[C@H](C)NC(=O)[C@@H](NC(=O)CCOCCNC(=O)CCC(C)C)C(C)C)cc4)cc3N=C[C@@H]2C1. The van der Waals surface area contributed by atoms with E-state index >= 15 is 0 Å². The number of methoxy groups -OCH3 is 2. The van der Waals surface area contributed by atoms with Crippen molar-refractivity contribution < 1.29 is 67.1 Å². The quantitative estimate of drug-likeness (QED) is 0.0460. The molecule has 7 rings (SSSR count). The second-order valence-electron chi connectivity index (χ2n) is 21.4. The molecular weight excluding hydrogens is 1080 g/mol. The number of nitrogens with one attached hydrogen (secondary N) is 4. The summed E-state index contributed by atoms with van der Waals surface area (Å²) in [6.07, 6.45) is 12.8. The van der Waals surface area contributed by atoms with Crippen LogP contribution in [-0.4, -0.2) is 140 Å². The lowest BCUT2D eigenvalue weighted by molar-refractivity contribution is -0.132. The van der Waals surface area contributed by atoms with Crippen LogP contribution in [0.5, 0.6) is 23.0 Å². The fourth-order valence-electron chi connectivity index (χ4n) is 9.79. The van der Waals surface area contributed by atoms with Gasteiger partial charge < -0.3 is 64.6 Å². The Morgan fingerprint density at radius 2 is 1.38 bits per heavy atom. The molecule has 450 valence electrons. The van der Waals surface area contributed by atoms with Crippen molar-refractivity contribution in [1.82, 2.24) is 25.8 Å². The van der Waals surface area contributed by atoms with E-state index in [4.69, 9.17) is 28.4 Å². The van der Waals surface area contributed by atoms with Crippen molar-refractivity contribution in [3.8, 4) is 23.0 Å². The molecule has 5 atom stereocenters. The highest BCUT2D eigenvalue weighted by Crippen LogP contribution is 2.43. The second-order valence-corrected chi connectivity index (χ2v) is 21.4. The smallest absolute Gasteiger partial charge is 0.416 e. The molecule has 3 aromatic carbocycles. The summed E-state index contributed by atoms with van der Waals surface area (Å²) in [7, 11) is 2.91. The molecule has 4 heterocycles. The number of rotatable bonds is 27. The largest absolute Gasteiger partial charge is 0.493 e. The summed E-state index contributed by atoms with van der Waals surface area (Å²) in [4.78, 5) is 102. The average molecular weight is 1160 g/mol. The van der Waals surface area contributed by atoms with Gasteiger partial charge in [-0.05, 0) is 92.8 Å². The molecule has 7 amide bonds. The fraction of sp³-hybridized carbons (Fsp3) is 0.452. The van der Waals surface area contributed by atoms with E-state index < -0.39 is 54.1 Å². The highest BCUT2D eigenvalue weighted by molar-refractivity contribution is 6.07. The van der Waals surface area contributed by atoms with Gasteiger partial charge in [0.1, 0.15) is 18.7 Å². The maximum absolute atomic E-state index is 14.4. The minimum Gasteiger partial charge on any atom is -0.493 e. The van der Waals surface area contributed by atoms with E-state index in [-0.39, 0.29) is 92.4 Å². The molecule has 0 aliphatic carbocycles. The predicted molar refractivity (Wildman–Crippen MR) is 315 cm³/mol. The van der Waals surface area contributed by atoms with Crippen LogP contribution in [0.3, 0.4) is 0 Å². The zero-order valence-electron chi connectivity index (χ0n) is 49.2. The van der Waals surface area contributed by atoms with Gasteiger partial charge in [-0.1, -0.05) is 64.1 Å². The molecule has 84 heavy (non-hydrogen) atoms. The Bertz CT molecular complexity index is 3060. The molecule has 0 unspecified atom stereocenters. The number of carbonyl (C=O) groups is 7. The van der Waals surface area contributed by atoms with E-state index in [1.165, 1.54) is 38.2 Å². The first-order valence-electron chi connectivity index (χ1n) is 28.4. The molecule has 0 saturated carbocycles. The Morgan fingerprint density at radius 1 is 0.738 bits per heavy atom. The van der Waals surface area contributed by atoms with Crippen molar-refractivity contribution >= 4 is 64.8 Å². The molecule has 4 aliphatic heterocycles. The molecule has 4 aliphatic rings. The molecule has 22 nitrogen and oxygen atoms in total. The maximum Gasteiger partial charge on any atom is 0.416 e. The Morgan fingerprint density at radius 3 is 2.04 bits per heavy atom. The van der Waals surface area contributed by atoms with Crippen molar-refractivity contribution in [2.75, 3.05) is 57.4 Å². The van der Waals surface area contributed by atoms with Gasteiger partial charge in [-0.2, -0.15) is 0 Å². The van der Waals surface area contributed by atoms with Crippen LogP contribution >= 0.6 is 0 Å². The van der Waals surface area contributed by atoms with E-state index in [0.717, 1.165) is 22.5 Å². The van der Waals surface area contributed by atoms with Gasteiger partial charge in [-0.3, -0.25) is 33.8 Å². The number of fused-ring (bicyclic) bond motifs is 4. The summed E-state index contributed by atoms with van der Waals surface area (Å²) in [6.45, 7) is 13.6. The molecule has 0 aromatic heterocycles. The third-order valence-corrected chi connectivity index (χ3v) is 14.3. The average Bonchev–Trinajstić information content (AvgIpc) is 2.11. The minimum atomic E-state index is -1.57. The number of ether oxygens (including phenoxy) is 6. The number of amides is 7. The topological polar surface area (TPSA) is 265 Å². The number of benzene rings is 3. The Balaban J connectivity index is 0.949.